The van der Waals surface area contributed by atoms with Crippen LogP contribution in [0.25, 0.3) is 0 Å². The highest BCUT2D eigenvalue weighted by Gasteiger charge is 2.03. The fourth-order valence-corrected chi connectivity index (χ4v) is 0.818. The van der Waals surface area contributed by atoms with Crippen molar-refractivity contribution in [2.24, 2.45) is 5.16 Å². The molecule has 14 heavy (non-hydrogen) atoms. The van der Waals surface area contributed by atoms with Crippen LogP contribution in [0.5, 0.6) is 0 Å². The molecular weight excluding hydrogens is 184 g/mol. The van der Waals surface area contributed by atoms with Crippen LogP contribution in [0.2, 0.25) is 0 Å². The predicted octanol–water partition coefficient (Wildman–Crippen LogP) is 1.61. The molecule has 1 aromatic rings. The molecule has 0 aromatic heterocycles. The molecule has 0 unspecified atom stereocenters. The number of nitrogens with zero attached hydrogens (tertiary/aromatic N) is 2. The van der Waals surface area contributed by atoms with Crippen molar-refractivity contribution in [1.82, 2.24) is 0 Å². The Kier molecular flexibility index (Phi) is 3.21. The Labute approximate surface area is 79.8 Å². The molecule has 0 saturated heterocycles. The highest BCUT2D eigenvalue weighted by Crippen LogP contribution is 2.00. The van der Waals surface area contributed by atoms with Crippen LogP contribution in [0.1, 0.15) is 5.56 Å². The first-order valence-electron chi connectivity index (χ1n) is 3.67. The van der Waals surface area contributed by atoms with Gasteiger partial charge in [-0.3, -0.25) is 4.84 Å². The van der Waals surface area contributed by atoms with E-state index >= 15 is 0 Å². The van der Waals surface area contributed by atoms with Gasteiger partial charge < -0.3 is 5.11 Å². The van der Waals surface area contributed by atoms with Gasteiger partial charge in [-0.2, -0.15) is 5.26 Å². The van der Waals surface area contributed by atoms with Crippen molar-refractivity contribution in [3.8, 4) is 6.07 Å². The van der Waals surface area contributed by atoms with E-state index in [9.17, 15) is 4.79 Å². The summed E-state index contributed by atoms with van der Waals surface area (Å²) in [6.45, 7) is 0. The smallest absolute Gasteiger partial charge is 0.448 e. The van der Waals surface area contributed by atoms with Crippen molar-refractivity contribution in [3.05, 3.63) is 35.9 Å². The van der Waals surface area contributed by atoms with Gasteiger partial charge in [-0.1, -0.05) is 35.5 Å². The van der Waals surface area contributed by atoms with E-state index in [-0.39, 0.29) is 5.71 Å². The van der Waals surface area contributed by atoms with Crippen LogP contribution in [0, 0.1) is 11.3 Å². The van der Waals surface area contributed by atoms with Gasteiger partial charge in [0.25, 0.3) is 0 Å². The minimum Gasteiger partial charge on any atom is -0.448 e. The second-order valence-corrected chi connectivity index (χ2v) is 2.27. The van der Waals surface area contributed by atoms with E-state index in [1.807, 2.05) is 0 Å². The van der Waals surface area contributed by atoms with Crippen LogP contribution >= 0.6 is 0 Å². The quantitative estimate of drug-likeness (QED) is 0.436. The molecule has 0 aliphatic rings. The lowest BCUT2D eigenvalue weighted by molar-refractivity contribution is 0.0950. The lowest BCUT2D eigenvalue weighted by Gasteiger charge is -1.95. The maximum absolute atomic E-state index is 10.0. The van der Waals surface area contributed by atoms with Crippen LogP contribution in [0.3, 0.4) is 0 Å². The zero-order valence-corrected chi connectivity index (χ0v) is 7.04. The number of oxime groups is 1. The molecule has 5 heteroatoms. The summed E-state index contributed by atoms with van der Waals surface area (Å²) in [5.74, 6) is 0. The fourth-order valence-electron chi connectivity index (χ4n) is 0.818. The maximum atomic E-state index is 10.0. The van der Waals surface area contributed by atoms with Crippen LogP contribution < -0.4 is 0 Å². The Morgan fingerprint density at radius 2 is 2.07 bits per heavy atom. The highest BCUT2D eigenvalue weighted by molar-refractivity contribution is 6.11. The van der Waals surface area contributed by atoms with Gasteiger partial charge in [0.05, 0.1) is 0 Å². The summed E-state index contributed by atoms with van der Waals surface area (Å²) in [4.78, 5) is 13.9. The number of hydrogen-bond donors (Lipinski definition) is 1. The van der Waals surface area contributed by atoms with Gasteiger partial charge in [-0.15, -0.1) is 0 Å². The molecule has 0 saturated carbocycles. The Bertz CT molecular complexity index is 392. The molecule has 0 aliphatic heterocycles. The number of carbonyl (C=O) groups is 1. The molecule has 0 spiro atoms. The summed E-state index contributed by atoms with van der Waals surface area (Å²) in [7, 11) is 0. The summed E-state index contributed by atoms with van der Waals surface area (Å²) < 4.78 is 0. The summed E-state index contributed by atoms with van der Waals surface area (Å²) in [5.41, 5.74) is 0.434. The first-order valence-corrected chi connectivity index (χ1v) is 3.67. The SMILES string of the molecule is N#CC(=NOC(=O)O)c1ccccc1. The van der Waals surface area contributed by atoms with Gasteiger partial charge >= 0.3 is 6.16 Å². The number of benzene rings is 1. The molecule has 0 atom stereocenters. The Hall–Kier alpha value is -2.35. The van der Waals surface area contributed by atoms with Crippen LogP contribution in [0.4, 0.5) is 4.79 Å². The highest BCUT2D eigenvalue weighted by atomic mass is 16.7. The number of hydrogen-bond acceptors (Lipinski definition) is 4. The molecule has 0 bridgehead atoms. The zero-order chi connectivity index (χ0) is 10.4. The van der Waals surface area contributed by atoms with Gasteiger partial charge in [-0.05, 0) is 0 Å². The van der Waals surface area contributed by atoms with Crippen molar-refractivity contribution in [2.75, 3.05) is 0 Å². The fraction of sp³-hybridized carbons (Fsp3) is 0. The van der Waals surface area contributed by atoms with E-state index in [4.69, 9.17) is 10.4 Å². The van der Waals surface area contributed by atoms with E-state index in [2.05, 4.69) is 9.99 Å². The molecule has 1 N–H and O–H groups in total. The van der Waals surface area contributed by atoms with Crippen molar-refractivity contribution >= 4 is 11.9 Å². The number of carboxylic acid groups (broad SMARTS) is 1. The monoisotopic (exact) mass is 190 g/mol. The second-order valence-electron chi connectivity index (χ2n) is 2.27. The third kappa shape index (κ3) is 2.60. The van der Waals surface area contributed by atoms with Crippen molar-refractivity contribution in [1.29, 1.82) is 5.26 Å². The molecule has 0 aliphatic carbocycles. The molecule has 1 aromatic carbocycles. The number of nitriles is 1. The molecule has 1 rings (SSSR count). The minimum atomic E-state index is -1.55. The molecule has 0 radical (unpaired) electrons. The third-order valence-electron chi connectivity index (χ3n) is 1.37. The normalized spacial score (nSPS) is 10.4. The van der Waals surface area contributed by atoms with Gasteiger partial charge in [0.1, 0.15) is 6.07 Å². The average molecular weight is 190 g/mol. The predicted molar refractivity (Wildman–Crippen MR) is 47.7 cm³/mol. The lowest BCUT2D eigenvalue weighted by atomic mass is 10.1. The summed E-state index contributed by atoms with van der Waals surface area (Å²) in [6, 6.07) is 10.2. The van der Waals surface area contributed by atoms with Crippen LogP contribution in [-0.4, -0.2) is 17.0 Å². The molecular formula is C9H6N2O3. The Morgan fingerprint density at radius 3 is 2.57 bits per heavy atom. The van der Waals surface area contributed by atoms with Crippen molar-refractivity contribution in [3.63, 3.8) is 0 Å². The Balaban J connectivity index is 2.89. The topological polar surface area (TPSA) is 82.7 Å². The maximum Gasteiger partial charge on any atom is 0.532 e. The first kappa shape index (κ1) is 9.74. The second kappa shape index (κ2) is 4.62. The van der Waals surface area contributed by atoms with E-state index in [1.54, 1.807) is 36.4 Å². The van der Waals surface area contributed by atoms with Gasteiger partial charge in [0.2, 0.25) is 0 Å². The molecule has 0 heterocycles. The first-order chi connectivity index (χ1) is 6.74. The summed E-state index contributed by atoms with van der Waals surface area (Å²) >= 11 is 0. The molecule has 0 amide bonds. The summed E-state index contributed by atoms with van der Waals surface area (Å²) in [5, 5.41) is 20.0. The average Bonchev–Trinajstić information content (AvgIpc) is 2.20. The van der Waals surface area contributed by atoms with Gasteiger partial charge in [-0.25, -0.2) is 4.79 Å². The van der Waals surface area contributed by atoms with Crippen LogP contribution in [0.15, 0.2) is 35.5 Å². The lowest BCUT2D eigenvalue weighted by Crippen LogP contribution is -2.01. The van der Waals surface area contributed by atoms with Crippen molar-refractivity contribution < 1.29 is 14.7 Å². The van der Waals surface area contributed by atoms with E-state index < -0.39 is 6.16 Å². The molecule has 70 valence electrons. The van der Waals surface area contributed by atoms with E-state index in [0.29, 0.717) is 5.56 Å². The third-order valence-corrected chi connectivity index (χ3v) is 1.37. The van der Waals surface area contributed by atoms with E-state index in [0.717, 1.165) is 0 Å². The van der Waals surface area contributed by atoms with E-state index in [1.165, 1.54) is 0 Å². The largest absolute Gasteiger partial charge is 0.532 e. The van der Waals surface area contributed by atoms with Crippen LogP contribution in [-0.2, 0) is 4.84 Å². The molecule has 5 nitrogen and oxygen atoms in total. The van der Waals surface area contributed by atoms with Crippen molar-refractivity contribution in [2.45, 2.75) is 0 Å². The minimum absolute atomic E-state index is 0.0759. The Morgan fingerprint density at radius 1 is 1.43 bits per heavy atom. The number of rotatable bonds is 2. The standard InChI is InChI=1S/C9H6N2O3/c10-6-8(11-14-9(12)13)7-4-2-1-3-5-7/h1-5H,(H,12,13). The summed E-state index contributed by atoms with van der Waals surface area (Å²) in [6.07, 6.45) is -1.55. The molecule has 0 fully saturated rings. The van der Waals surface area contributed by atoms with Gasteiger partial charge in [0, 0.05) is 5.56 Å². The zero-order valence-electron chi connectivity index (χ0n) is 7.04. The van der Waals surface area contributed by atoms with Gasteiger partial charge in [0.15, 0.2) is 5.71 Å².